The molecule has 2 heterocycles. The highest BCUT2D eigenvalue weighted by Crippen LogP contribution is 2.27. The number of halogens is 2. The second-order valence-electron chi connectivity index (χ2n) is 6.29. The van der Waals surface area contributed by atoms with Gasteiger partial charge in [0.1, 0.15) is 5.82 Å². The Morgan fingerprint density at radius 3 is 2.79 bits per heavy atom. The van der Waals surface area contributed by atoms with E-state index in [2.05, 4.69) is 19.7 Å². The van der Waals surface area contributed by atoms with Crippen molar-refractivity contribution >= 4 is 44.9 Å². The predicted molar refractivity (Wildman–Crippen MR) is 118 cm³/mol. The van der Waals surface area contributed by atoms with Crippen LogP contribution in [0.3, 0.4) is 0 Å². The number of anilines is 1. The van der Waals surface area contributed by atoms with E-state index in [1.54, 1.807) is 6.92 Å². The Kier molecular flexibility index (Phi) is 8.15. The van der Waals surface area contributed by atoms with E-state index in [0.29, 0.717) is 0 Å². The Labute approximate surface area is 196 Å². The Bertz CT molecular complexity index is 1230. The first kappa shape index (κ1) is 24.8. The minimum Gasteiger partial charge on any atom is -0.463 e. The zero-order valence-corrected chi connectivity index (χ0v) is 19.8. The van der Waals surface area contributed by atoms with Crippen LogP contribution in [0.4, 0.5) is 14.6 Å². The van der Waals surface area contributed by atoms with E-state index in [1.165, 1.54) is 36.7 Å². The zero-order valence-electron chi connectivity index (χ0n) is 17.3. The minimum absolute atomic E-state index is 0.00376. The third kappa shape index (κ3) is 6.58. The summed E-state index contributed by atoms with van der Waals surface area (Å²) in [7, 11) is -4.04. The van der Waals surface area contributed by atoms with Crippen molar-refractivity contribution in [2.75, 3.05) is 11.3 Å². The van der Waals surface area contributed by atoms with Crippen LogP contribution in [0.15, 0.2) is 45.3 Å². The molecule has 0 aliphatic carbocycles. The summed E-state index contributed by atoms with van der Waals surface area (Å²) in [5, 5.41) is 1.50. The lowest BCUT2D eigenvalue weighted by molar-refractivity contribution is -0.150. The highest BCUT2D eigenvalue weighted by Gasteiger charge is 2.22. The van der Waals surface area contributed by atoms with Gasteiger partial charge in [-0.05, 0) is 19.9 Å². The maximum Gasteiger partial charge on any atom is 0.347 e. The van der Waals surface area contributed by atoms with Crippen LogP contribution < -0.4 is 9.46 Å². The van der Waals surface area contributed by atoms with Gasteiger partial charge in [0.25, 0.3) is 10.0 Å². The van der Waals surface area contributed by atoms with Crippen molar-refractivity contribution < 1.29 is 31.5 Å². The molecule has 1 N–H and O–H groups in total. The quantitative estimate of drug-likeness (QED) is 0.245. The van der Waals surface area contributed by atoms with Crippen LogP contribution in [-0.2, 0) is 25.3 Å². The Hall–Kier alpha value is -2.84. The van der Waals surface area contributed by atoms with Crippen molar-refractivity contribution in [3.05, 3.63) is 53.0 Å². The number of esters is 1. The summed E-state index contributed by atoms with van der Waals surface area (Å²) in [6.45, 7) is 3.23. The van der Waals surface area contributed by atoms with Crippen LogP contribution in [0.25, 0.3) is 0 Å². The second-order valence-corrected chi connectivity index (χ2v) is 9.98. The number of hydrogen-bond donors (Lipinski definition) is 1. The third-order valence-corrected chi connectivity index (χ3v) is 7.32. The molecule has 0 spiro atoms. The monoisotopic (exact) mass is 516 g/mol. The number of carbonyl (C=O) groups is 1. The average molecular weight is 517 g/mol. The van der Waals surface area contributed by atoms with E-state index in [4.69, 9.17) is 9.47 Å². The van der Waals surface area contributed by atoms with E-state index in [-0.39, 0.29) is 39.1 Å². The fourth-order valence-electron chi connectivity index (χ4n) is 2.40. The maximum absolute atomic E-state index is 14.0. The van der Waals surface area contributed by atoms with Crippen LogP contribution in [0, 0.1) is 11.6 Å². The molecule has 0 fully saturated rings. The summed E-state index contributed by atoms with van der Waals surface area (Å²) < 4.78 is 65.0. The molecule has 9 nitrogen and oxygen atoms in total. The van der Waals surface area contributed by atoms with E-state index >= 15 is 0 Å². The molecular formula is C19H18F2N4O5S3. The molecule has 0 saturated heterocycles. The number of rotatable bonds is 10. The second kappa shape index (κ2) is 10.9. The average Bonchev–Trinajstić information content (AvgIpc) is 3.30. The maximum atomic E-state index is 14.0. The molecule has 176 valence electrons. The van der Waals surface area contributed by atoms with Crippen LogP contribution in [0.2, 0.25) is 0 Å². The number of aromatic nitrogens is 3. The fraction of sp³-hybridized carbons (Fsp3) is 0.263. The molecular weight excluding hydrogens is 498 g/mol. The molecule has 3 rings (SSSR count). The third-order valence-electron chi connectivity index (χ3n) is 3.86. The van der Waals surface area contributed by atoms with Crippen molar-refractivity contribution in [1.29, 1.82) is 0 Å². The number of carbonyl (C=O) groups excluding carboxylic acids is 1. The molecule has 2 aromatic heterocycles. The van der Waals surface area contributed by atoms with Crippen LogP contribution in [-0.4, -0.2) is 42.0 Å². The van der Waals surface area contributed by atoms with Gasteiger partial charge in [-0.3, -0.25) is 4.72 Å². The van der Waals surface area contributed by atoms with Crippen LogP contribution in [0.5, 0.6) is 5.88 Å². The van der Waals surface area contributed by atoms with Crippen LogP contribution >= 0.6 is 23.1 Å². The Morgan fingerprint density at radius 2 is 2.09 bits per heavy atom. The number of sulfonamides is 1. The van der Waals surface area contributed by atoms with Crippen molar-refractivity contribution in [2.45, 2.75) is 35.2 Å². The minimum atomic E-state index is -4.04. The number of thioether (sulfide) groups is 1. The van der Waals surface area contributed by atoms with E-state index in [1.807, 2.05) is 0 Å². The molecule has 1 atom stereocenters. The predicted octanol–water partition coefficient (Wildman–Crippen LogP) is 3.63. The molecule has 33 heavy (non-hydrogen) atoms. The van der Waals surface area contributed by atoms with Crippen molar-refractivity contribution in [3.8, 4) is 5.88 Å². The number of ether oxygens (including phenoxy) is 2. The molecule has 0 radical (unpaired) electrons. The summed E-state index contributed by atoms with van der Waals surface area (Å²) in [4.78, 5) is 23.9. The lowest BCUT2D eigenvalue weighted by Crippen LogP contribution is -2.26. The topological polar surface area (TPSA) is 120 Å². The van der Waals surface area contributed by atoms with Gasteiger partial charge < -0.3 is 9.47 Å². The highest BCUT2D eigenvalue weighted by molar-refractivity contribution is 7.98. The summed E-state index contributed by atoms with van der Waals surface area (Å²) in [5.74, 6) is -2.96. The number of nitrogens with zero attached hydrogens (tertiary/aromatic N) is 3. The first-order valence-corrected chi connectivity index (χ1v) is 12.7. The number of nitrogens with one attached hydrogen (secondary N) is 1. The summed E-state index contributed by atoms with van der Waals surface area (Å²) >= 11 is 1.83. The van der Waals surface area contributed by atoms with Crippen molar-refractivity contribution in [1.82, 2.24) is 15.0 Å². The van der Waals surface area contributed by atoms with Gasteiger partial charge in [0.2, 0.25) is 10.2 Å². The Morgan fingerprint density at radius 1 is 1.30 bits per heavy atom. The van der Waals surface area contributed by atoms with Crippen molar-refractivity contribution in [3.63, 3.8) is 0 Å². The van der Waals surface area contributed by atoms with Gasteiger partial charge in [-0.25, -0.2) is 23.5 Å². The largest absolute Gasteiger partial charge is 0.463 e. The van der Waals surface area contributed by atoms with Gasteiger partial charge in [-0.15, -0.1) is 11.3 Å². The van der Waals surface area contributed by atoms with E-state index in [0.717, 1.165) is 29.2 Å². The first-order chi connectivity index (χ1) is 15.7. The zero-order chi connectivity index (χ0) is 24.0. The summed E-state index contributed by atoms with van der Waals surface area (Å²) in [6.07, 6.45) is 0.297. The van der Waals surface area contributed by atoms with E-state index in [9.17, 15) is 22.0 Å². The summed E-state index contributed by atoms with van der Waals surface area (Å²) in [5.41, 5.74) is 0.0692. The van der Waals surface area contributed by atoms with Crippen molar-refractivity contribution in [2.24, 2.45) is 0 Å². The van der Waals surface area contributed by atoms with Gasteiger partial charge in [-0.2, -0.15) is 13.4 Å². The summed E-state index contributed by atoms with van der Waals surface area (Å²) in [6, 6.07) is 4.95. The van der Waals surface area contributed by atoms with Gasteiger partial charge in [0.05, 0.1) is 6.61 Å². The number of thiazole rings is 1. The molecule has 1 aromatic carbocycles. The van der Waals surface area contributed by atoms with Crippen LogP contribution in [0.1, 0.15) is 19.4 Å². The lowest BCUT2D eigenvalue weighted by Gasteiger charge is -2.14. The Balaban J connectivity index is 1.88. The van der Waals surface area contributed by atoms with Gasteiger partial charge >= 0.3 is 5.97 Å². The molecule has 0 aliphatic rings. The normalized spacial score (nSPS) is 12.2. The number of benzene rings is 1. The molecule has 0 bridgehead atoms. The smallest absolute Gasteiger partial charge is 0.347 e. The van der Waals surface area contributed by atoms with E-state index < -0.39 is 33.7 Å². The molecule has 0 aliphatic heterocycles. The number of hydrogen-bond acceptors (Lipinski definition) is 10. The molecule has 0 amide bonds. The van der Waals surface area contributed by atoms with Gasteiger partial charge in [0.15, 0.2) is 22.9 Å². The fourth-order valence-corrected chi connectivity index (χ4v) is 5.05. The molecule has 3 aromatic rings. The van der Waals surface area contributed by atoms with Gasteiger partial charge in [0, 0.05) is 29.0 Å². The lowest BCUT2D eigenvalue weighted by atomic mass is 10.2. The highest BCUT2D eigenvalue weighted by atomic mass is 32.2. The van der Waals surface area contributed by atoms with Gasteiger partial charge in [-0.1, -0.05) is 23.9 Å². The molecule has 14 heteroatoms. The first-order valence-electron chi connectivity index (χ1n) is 9.40. The SMILES string of the molecule is CCOC(=O)C(C)Oc1cc(NS(=O)(=O)c2nccs2)nc(SCc2cccc(F)c2F)n1. The molecule has 1 unspecified atom stereocenters. The standard InChI is InChI=1S/C19H18F2N4O5S3/c1-3-29-17(26)11(2)30-15-9-14(25-33(27,28)19-22-7-8-31-19)23-18(24-15)32-10-12-5-4-6-13(20)16(12)21/h4-9,11H,3,10H2,1-2H3,(H,23,24,25). The molecule has 0 saturated carbocycles.